The maximum Gasteiger partial charge on any atom is 0.335 e. The van der Waals surface area contributed by atoms with Crippen molar-refractivity contribution in [3.8, 4) is 11.5 Å². The van der Waals surface area contributed by atoms with Gasteiger partial charge in [0.05, 0.1) is 10.6 Å². The molecular weight excluding hydrogens is 268 g/mol. The Bertz CT molecular complexity index is 782. The molecule has 3 aromatic rings. The summed E-state index contributed by atoms with van der Waals surface area (Å²) < 4.78 is 5.47. The van der Waals surface area contributed by atoms with Crippen LogP contribution >= 0.6 is 11.6 Å². The third-order valence-electron chi connectivity index (χ3n) is 2.57. The van der Waals surface area contributed by atoms with Gasteiger partial charge in [0.25, 0.3) is 0 Å². The third kappa shape index (κ3) is 2.15. The van der Waals surface area contributed by atoms with Crippen molar-refractivity contribution in [2.24, 2.45) is 0 Å². The molecule has 0 spiro atoms. The summed E-state index contributed by atoms with van der Waals surface area (Å²) >= 11 is 5.82. The molecule has 5 nitrogen and oxygen atoms in total. The number of pyridine rings is 1. The summed E-state index contributed by atoms with van der Waals surface area (Å²) in [6.45, 7) is 0. The second-order valence-corrected chi connectivity index (χ2v) is 4.32. The van der Waals surface area contributed by atoms with Crippen LogP contribution in [0.2, 0.25) is 5.02 Å². The van der Waals surface area contributed by atoms with Crippen LogP contribution in [0.4, 0.5) is 0 Å². The number of oxazole rings is 1. The first kappa shape index (κ1) is 11.7. The predicted molar refractivity (Wildman–Crippen MR) is 69.2 cm³/mol. The van der Waals surface area contributed by atoms with Gasteiger partial charge in [-0.05, 0) is 24.3 Å². The SMILES string of the molecule is O=C(O)c1cccc(-c2nc3cc(Cl)cnc3o2)c1. The lowest BCUT2D eigenvalue weighted by atomic mass is 10.1. The second-order valence-electron chi connectivity index (χ2n) is 3.88. The van der Waals surface area contributed by atoms with Gasteiger partial charge in [-0.2, -0.15) is 0 Å². The van der Waals surface area contributed by atoms with Crippen molar-refractivity contribution in [3.05, 3.63) is 47.1 Å². The number of carboxylic acids is 1. The molecule has 0 bridgehead atoms. The second kappa shape index (κ2) is 4.37. The zero-order chi connectivity index (χ0) is 13.4. The molecule has 0 radical (unpaired) electrons. The molecule has 19 heavy (non-hydrogen) atoms. The van der Waals surface area contributed by atoms with Gasteiger partial charge >= 0.3 is 5.97 Å². The predicted octanol–water partition coefficient (Wildman–Crippen LogP) is 3.24. The number of carboxylic acid groups (broad SMARTS) is 1. The Morgan fingerprint density at radius 2 is 2.16 bits per heavy atom. The molecule has 0 atom stereocenters. The highest BCUT2D eigenvalue weighted by molar-refractivity contribution is 6.30. The van der Waals surface area contributed by atoms with Crippen LogP contribution in [0.25, 0.3) is 22.7 Å². The molecule has 0 amide bonds. The number of fused-ring (bicyclic) bond motifs is 1. The van der Waals surface area contributed by atoms with Gasteiger partial charge in [0.1, 0.15) is 5.52 Å². The van der Waals surface area contributed by atoms with E-state index in [2.05, 4.69) is 9.97 Å². The molecule has 6 heteroatoms. The van der Waals surface area contributed by atoms with E-state index in [-0.39, 0.29) is 5.56 Å². The molecule has 0 fully saturated rings. The van der Waals surface area contributed by atoms with Gasteiger partial charge in [-0.3, -0.25) is 0 Å². The van der Waals surface area contributed by atoms with Crippen LogP contribution in [0.3, 0.4) is 0 Å². The van der Waals surface area contributed by atoms with Crippen molar-refractivity contribution in [2.45, 2.75) is 0 Å². The number of hydrogen-bond acceptors (Lipinski definition) is 4. The maximum atomic E-state index is 10.9. The molecule has 1 N–H and O–H groups in total. The summed E-state index contributed by atoms with van der Waals surface area (Å²) in [7, 11) is 0. The first-order valence-electron chi connectivity index (χ1n) is 5.39. The van der Waals surface area contributed by atoms with Gasteiger partial charge in [0.2, 0.25) is 11.6 Å². The minimum absolute atomic E-state index is 0.172. The maximum absolute atomic E-state index is 10.9. The van der Waals surface area contributed by atoms with Crippen LogP contribution in [0.5, 0.6) is 0 Å². The minimum Gasteiger partial charge on any atom is -0.478 e. The van der Waals surface area contributed by atoms with Gasteiger partial charge in [0, 0.05) is 11.8 Å². The quantitative estimate of drug-likeness (QED) is 0.776. The lowest BCUT2D eigenvalue weighted by Gasteiger charge is -1.97. The summed E-state index contributed by atoms with van der Waals surface area (Å²) in [6, 6.07) is 7.99. The number of benzene rings is 1. The van der Waals surface area contributed by atoms with Crippen LogP contribution in [0, 0.1) is 0 Å². The van der Waals surface area contributed by atoms with Gasteiger partial charge in [-0.15, -0.1) is 0 Å². The van der Waals surface area contributed by atoms with Crippen molar-refractivity contribution in [2.75, 3.05) is 0 Å². The topological polar surface area (TPSA) is 76.2 Å². The van der Waals surface area contributed by atoms with Gasteiger partial charge in [-0.25, -0.2) is 14.8 Å². The number of carbonyl (C=O) groups is 1. The van der Waals surface area contributed by atoms with Crippen LogP contribution < -0.4 is 0 Å². The summed E-state index contributed by atoms with van der Waals surface area (Å²) in [5.74, 6) is -0.688. The van der Waals surface area contributed by atoms with Crippen LogP contribution in [-0.4, -0.2) is 21.0 Å². The zero-order valence-electron chi connectivity index (χ0n) is 9.50. The highest BCUT2D eigenvalue weighted by atomic mass is 35.5. The smallest absolute Gasteiger partial charge is 0.335 e. The van der Waals surface area contributed by atoms with Crippen molar-refractivity contribution >= 4 is 28.8 Å². The fraction of sp³-hybridized carbons (Fsp3) is 0. The van der Waals surface area contributed by atoms with Crippen LogP contribution in [0.1, 0.15) is 10.4 Å². The lowest BCUT2D eigenvalue weighted by Crippen LogP contribution is -1.95. The lowest BCUT2D eigenvalue weighted by molar-refractivity contribution is 0.0697. The van der Waals surface area contributed by atoms with Crippen molar-refractivity contribution in [3.63, 3.8) is 0 Å². The molecule has 0 saturated heterocycles. The van der Waals surface area contributed by atoms with E-state index in [0.717, 1.165) is 0 Å². The first-order chi connectivity index (χ1) is 9.13. The Hall–Kier alpha value is -2.40. The molecule has 0 aliphatic heterocycles. The minimum atomic E-state index is -1.00. The van der Waals surface area contributed by atoms with E-state index < -0.39 is 5.97 Å². The highest BCUT2D eigenvalue weighted by Gasteiger charge is 2.11. The monoisotopic (exact) mass is 274 g/mol. The summed E-state index contributed by atoms with van der Waals surface area (Å²) in [5, 5.41) is 9.42. The van der Waals surface area contributed by atoms with Gasteiger partial charge < -0.3 is 9.52 Å². The van der Waals surface area contributed by atoms with Gasteiger partial charge in [0.15, 0.2) is 0 Å². The largest absolute Gasteiger partial charge is 0.478 e. The fourth-order valence-electron chi connectivity index (χ4n) is 1.71. The Kier molecular flexibility index (Phi) is 2.68. The number of halogens is 1. The van der Waals surface area contributed by atoms with E-state index in [9.17, 15) is 4.79 Å². The molecule has 0 aliphatic rings. The van der Waals surface area contributed by atoms with E-state index in [0.29, 0.717) is 27.7 Å². The number of aromatic carboxylic acids is 1. The normalized spacial score (nSPS) is 10.8. The first-order valence-corrected chi connectivity index (χ1v) is 5.77. The Morgan fingerprint density at radius 1 is 1.32 bits per heavy atom. The van der Waals surface area contributed by atoms with E-state index >= 15 is 0 Å². The molecular formula is C13H7ClN2O3. The summed E-state index contributed by atoms with van der Waals surface area (Å²) in [6.07, 6.45) is 1.46. The number of hydrogen-bond donors (Lipinski definition) is 1. The molecule has 0 aliphatic carbocycles. The molecule has 2 aromatic heterocycles. The zero-order valence-corrected chi connectivity index (χ0v) is 10.3. The molecule has 94 valence electrons. The molecule has 0 saturated carbocycles. The molecule has 3 rings (SSSR count). The number of aromatic nitrogens is 2. The van der Waals surface area contributed by atoms with E-state index in [4.69, 9.17) is 21.1 Å². The Balaban J connectivity index is 2.13. The van der Waals surface area contributed by atoms with E-state index in [1.807, 2.05) is 0 Å². The third-order valence-corrected chi connectivity index (χ3v) is 2.78. The van der Waals surface area contributed by atoms with E-state index in [1.54, 1.807) is 18.2 Å². The van der Waals surface area contributed by atoms with Crippen molar-refractivity contribution in [1.82, 2.24) is 9.97 Å². The van der Waals surface area contributed by atoms with Crippen LogP contribution in [-0.2, 0) is 0 Å². The standard InChI is InChI=1S/C13H7ClN2O3/c14-9-5-10-12(15-6-9)19-11(16-10)7-2-1-3-8(4-7)13(17)18/h1-6H,(H,17,18). The van der Waals surface area contributed by atoms with E-state index in [1.165, 1.54) is 18.3 Å². The Labute approximate surface area is 112 Å². The fourth-order valence-corrected chi connectivity index (χ4v) is 1.86. The number of nitrogens with zero attached hydrogens (tertiary/aromatic N) is 2. The van der Waals surface area contributed by atoms with Crippen molar-refractivity contribution in [1.29, 1.82) is 0 Å². The number of rotatable bonds is 2. The average Bonchev–Trinajstić information content (AvgIpc) is 2.81. The van der Waals surface area contributed by atoms with Crippen molar-refractivity contribution < 1.29 is 14.3 Å². The van der Waals surface area contributed by atoms with Crippen LogP contribution in [0.15, 0.2) is 40.9 Å². The molecule has 1 aromatic carbocycles. The molecule has 2 heterocycles. The average molecular weight is 275 g/mol. The summed E-state index contributed by atoms with van der Waals surface area (Å²) in [5.41, 5.74) is 1.64. The summed E-state index contributed by atoms with van der Waals surface area (Å²) in [4.78, 5) is 19.2. The van der Waals surface area contributed by atoms with Gasteiger partial charge in [-0.1, -0.05) is 17.7 Å². The highest BCUT2D eigenvalue weighted by Crippen LogP contribution is 2.25. The molecule has 0 unspecified atom stereocenters. The Morgan fingerprint density at radius 3 is 2.95 bits per heavy atom.